The maximum Gasteiger partial charge on any atom is 0.253 e. The Kier molecular flexibility index (Phi) is 6.68. The number of ether oxygens (including phenoxy) is 1. The highest BCUT2D eigenvalue weighted by Crippen LogP contribution is 2.21. The highest BCUT2D eigenvalue weighted by atomic mass is 35.5. The van der Waals surface area contributed by atoms with E-state index in [0.717, 1.165) is 16.3 Å². The van der Waals surface area contributed by atoms with Crippen molar-refractivity contribution in [1.29, 1.82) is 0 Å². The number of thiazole rings is 1. The molecule has 0 fully saturated rings. The molecule has 140 valence electrons. The lowest BCUT2D eigenvalue weighted by molar-refractivity contribution is 0.0948. The van der Waals surface area contributed by atoms with E-state index in [2.05, 4.69) is 15.6 Å². The molecule has 0 aliphatic heterocycles. The van der Waals surface area contributed by atoms with E-state index in [4.69, 9.17) is 16.3 Å². The third-order valence-corrected chi connectivity index (χ3v) is 4.94. The number of aryl methyl sites for hydroxylation is 1. The van der Waals surface area contributed by atoms with Gasteiger partial charge >= 0.3 is 0 Å². The predicted molar refractivity (Wildman–Crippen MR) is 110 cm³/mol. The number of para-hydroxylation sites is 1. The Hall–Kier alpha value is -2.57. The summed E-state index contributed by atoms with van der Waals surface area (Å²) in [5.41, 5.74) is 2.53. The second-order valence-electron chi connectivity index (χ2n) is 5.90. The molecule has 1 aromatic heterocycles. The lowest BCUT2D eigenvalue weighted by Gasteiger charge is -2.12. The summed E-state index contributed by atoms with van der Waals surface area (Å²) in [7, 11) is 0. The second kappa shape index (κ2) is 9.39. The van der Waals surface area contributed by atoms with E-state index in [0.29, 0.717) is 29.7 Å². The highest BCUT2D eigenvalue weighted by molar-refractivity contribution is 7.15. The topological polar surface area (TPSA) is 63.2 Å². The number of nitrogens with zero attached hydrogens (tertiary/aromatic N) is 1. The number of halogens is 1. The van der Waals surface area contributed by atoms with E-state index in [9.17, 15) is 4.79 Å². The number of amides is 1. The van der Waals surface area contributed by atoms with Crippen molar-refractivity contribution in [2.45, 2.75) is 13.5 Å². The minimum Gasteiger partial charge on any atom is -0.492 e. The van der Waals surface area contributed by atoms with Gasteiger partial charge in [-0.25, -0.2) is 4.98 Å². The molecule has 7 heteroatoms. The van der Waals surface area contributed by atoms with Crippen molar-refractivity contribution in [3.8, 4) is 5.75 Å². The molecular weight excluding hydrogens is 382 g/mol. The number of benzene rings is 2. The van der Waals surface area contributed by atoms with Crippen molar-refractivity contribution >= 4 is 34.5 Å². The Labute approximate surface area is 167 Å². The van der Waals surface area contributed by atoms with Crippen LogP contribution in [0.5, 0.6) is 5.75 Å². The van der Waals surface area contributed by atoms with E-state index >= 15 is 0 Å². The summed E-state index contributed by atoms with van der Waals surface area (Å²) in [5.74, 6) is 0.646. The van der Waals surface area contributed by atoms with Crippen LogP contribution in [0.1, 0.15) is 20.8 Å². The molecule has 3 rings (SSSR count). The van der Waals surface area contributed by atoms with Gasteiger partial charge in [-0.3, -0.25) is 4.79 Å². The van der Waals surface area contributed by atoms with Crippen LogP contribution in [-0.2, 0) is 6.54 Å². The molecule has 2 N–H and O–H groups in total. The second-order valence-corrected chi connectivity index (χ2v) is 7.59. The van der Waals surface area contributed by atoms with Crippen molar-refractivity contribution in [1.82, 2.24) is 10.3 Å². The Morgan fingerprint density at radius 3 is 2.70 bits per heavy atom. The van der Waals surface area contributed by atoms with E-state index in [1.54, 1.807) is 12.3 Å². The molecule has 3 aromatic rings. The lowest BCUT2D eigenvalue weighted by atomic mass is 10.1. The molecule has 0 aliphatic carbocycles. The zero-order chi connectivity index (χ0) is 19.1. The van der Waals surface area contributed by atoms with E-state index in [1.165, 1.54) is 16.9 Å². The quantitative estimate of drug-likeness (QED) is 0.544. The maximum atomic E-state index is 12.5. The zero-order valence-corrected chi connectivity index (χ0v) is 16.4. The number of rotatable bonds is 8. The predicted octanol–water partition coefficient (Wildman–Crippen LogP) is 4.53. The molecule has 2 aromatic carbocycles. The van der Waals surface area contributed by atoms with Crippen molar-refractivity contribution in [3.05, 3.63) is 75.2 Å². The van der Waals surface area contributed by atoms with E-state index < -0.39 is 0 Å². The van der Waals surface area contributed by atoms with Crippen LogP contribution in [0.15, 0.2) is 54.7 Å². The summed E-state index contributed by atoms with van der Waals surface area (Å²) >= 11 is 7.26. The Morgan fingerprint density at radius 2 is 1.96 bits per heavy atom. The summed E-state index contributed by atoms with van der Waals surface area (Å²) in [6.45, 7) is 3.42. The molecule has 0 bridgehead atoms. The van der Waals surface area contributed by atoms with Crippen LogP contribution >= 0.6 is 22.9 Å². The van der Waals surface area contributed by atoms with Crippen LogP contribution in [0.25, 0.3) is 0 Å². The van der Waals surface area contributed by atoms with Crippen molar-refractivity contribution < 1.29 is 9.53 Å². The molecule has 5 nitrogen and oxygen atoms in total. The number of hydrogen-bond acceptors (Lipinski definition) is 5. The average Bonchev–Trinajstić information content (AvgIpc) is 3.10. The first-order valence-corrected chi connectivity index (χ1v) is 9.72. The summed E-state index contributed by atoms with van der Waals surface area (Å²) < 4.78 is 6.14. The Balaban J connectivity index is 1.51. The minimum atomic E-state index is -0.145. The van der Waals surface area contributed by atoms with Gasteiger partial charge in [-0.05, 0) is 31.2 Å². The van der Waals surface area contributed by atoms with Crippen LogP contribution in [0.3, 0.4) is 0 Å². The first-order valence-electron chi connectivity index (χ1n) is 8.52. The largest absolute Gasteiger partial charge is 0.492 e. The summed E-state index contributed by atoms with van der Waals surface area (Å²) in [4.78, 5) is 17.5. The minimum absolute atomic E-state index is 0.145. The standard InChI is InChI=1S/C20H20ClN3O2S/c1-14-6-8-15(9-7-14)26-11-10-22-19(25)17-4-2-3-5-18(17)23-12-16-13-24-20(21)27-16/h2-9,13,23H,10-12H2,1H3,(H,22,25). The summed E-state index contributed by atoms with van der Waals surface area (Å²) in [5, 5.41) is 6.15. The van der Waals surface area contributed by atoms with Crippen LogP contribution in [-0.4, -0.2) is 24.0 Å². The van der Waals surface area contributed by atoms with Gasteiger partial charge in [0.15, 0.2) is 4.47 Å². The van der Waals surface area contributed by atoms with E-state index in [1.807, 2.05) is 49.4 Å². The molecule has 1 heterocycles. The van der Waals surface area contributed by atoms with Gasteiger partial charge in [-0.2, -0.15) is 0 Å². The normalized spacial score (nSPS) is 10.4. The summed E-state index contributed by atoms with van der Waals surface area (Å²) in [6, 6.07) is 15.2. The van der Waals surface area contributed by atoms with Crippen LogP contribution in [0.2, 0.25) is 4.47 Å². The van der Waals surface area contributed by atoms with Crippen molar-refractivity contribution in [2.24, 2.45) is 0 Å². The molecular formula is C20H20ClN3O2S. The number of aromatic nitrogens is 1. The Morgan fingerprint density at radius 1 is 1.19 bits per heavy atom. The molecule has 1 amide bonds. The van der Waals surface area contributed by atoms with Gasteiger partial charge in [0.2, 0.25) is 0 Å². The molecule has 27 heavy (non-hydrogen) atoms. The van der Waals surface area contributed by atoms with Crippen LogP contribution in [0.4, 0.5) is 5.69 Å². The van der Waals surface area contributed by atoms with Gasteiger partial charge in [0.1, 0.15) is 12.4 Å². The third kappa shape index (κ3) is 5.70. The number of carbonyl (C=O) groups is 1. The van der Waals surface area contributed by atoms with Crippen LogP contribution in [0, 0.1) is 6.92 Å². The molecule has 0 spiro atoms. The first-order chi connectivity index (χ1) is 13.1. The fourth-order valence-electron chi connectivity index (χ4n) is 2.45. The van der Waals surface area contributed by atoms with Gasteiger partial charge in [-0.15, -0.1) is 11.3 Å². The van der Waals surface area contributed by atoms with E-state index in [-0.39, 0.29) is 5.91 Å². The smallest absolute Gasteiger partial charge is 0.253 e. The number of carbonyl (C=O) groups excluding carboxylic acids is 1. The maximum absolute atomic E-state index is 12.5. The molecule has 0 aliphatic rings. The third-order valence-electron chi connectivity index (χ3n) is 3.83. The average molecular weight is 402 g/mol. The Bertz CT molecular complexity index is 896. The molecule has 0 radical (unpaired) electrons. The molecule has 0 unspecified atom stereocenters. The summed E-state index contributed by atoms with van der Waals surface area (Å²) in [6.07, 6.45) is 1.73. The van der Waals surface area contributed by atoms with Gasteiger partial charge in [0, 0.05) is 16.8 Å². The van der Waals surface area contributed by atoms with Crippen molar-refractivity contribution in [2.75, 3.05) is 18.5 Å². The zero-order valence-electron chi connectivity index (χ0n) is 14.9. The monoisotopic (exact) mass is 401 g/mol. The lowest BCUT2D eigenvalue weighted by Crippen LogP contribution is -2.28. The van der Waals surface area contributed by atoms with Gasteiger partial charge in [0.05, 0.1) is 18.7 Å². The fraction of sp³-hybridized carbons (Fsp3) is 0.200. The SMILES string of the molecule is Cc1ccc(OCCNC(=O)c2ccccc2NCc2cnc(Cl)s2)cc1. The number of hydrogen-bond donors (Lipinski definition) is 2. The molecule has 0 saturated heterocycles. The number of nitrogens with one attached hydrogen (secondary N) is 2. The molecule has 0 atom stereocenters. The fourth-order valence-corrected chi connectivity index (χ4v) is 3.36. The first kappa shape index (κ1) is 19.2. The van der Waals surface area contributed by atoms with Crippen molar-refractivity contribution in [3.63, 3.8) is 0 Å². The highest BCUT2D eigenvalue weighted by Gasteiger charge is 2.11. The van der Waals surface area contributed by atoms with Gasteiger partial charge in [-0.1, -0.05) is 41.4 Å². The number of anilines is 1. The van der Waals surface area contributed by atoms with Gasteiger partial charge < -0.3 is 15.4 Å². The van der Waals surface area contributed by atoms with Gasteiger partial charge in [0.25, 0.3) is 5.91 Å². The molecule has 0 saturated carbocycles. The van der Waals surface area contributed by atoms with Crippen LogP contribution < -0.4 is 15.4 Å².